The molecule has 3 fully saturated rings. The van der Waals surface area contributed by atoms with E-state index < -0.39 is 11.6 Å². The molecular formula is C16H26N4O3. The topological polar surface area (TPSA) is 95.7 Å². The quantitative estimate of drug-likeness (QED) is 0.737. The Hall–Kier alpha value is -1.63. The van der Waals surface area contributed by atoms with E-state index >= 15 is 0 Å². The van der Waals surface area contributed by atoms with Crippen LogP contribution < -0.4 is 11.1 Å². The number of piperidine rings is 1. The van der Waals surface area contributed by atoms with Crippen molar-refractivity contribution in [1.82, 2.24) is 15.1 Å². The van der Waals surface area contributed by atoms with E-state index in [2.05, 4.69) is 5.32 Å². The number of nitrogens with two attached hydrogens (primary N) is 1. The highest BCUT2D eigenvalue weighted by molar-refractivity contribution is 6.09. The first-order valence-corrected chi connectivity index (χ1v) is 8.60. The maximum Gasteiger partial charge on any atom is 0.325 e. The Labute approximate surface area is 136 Å². The number of urea groups is 1. The number of imide groups is 1. The molecule has 1 atom stereocenters. The third-order valence-corrected chi connectivity index (χ3v) is 5.63. The predicted octanol–water partition coefficient (Wildman–Crippen LogP) is 0.437. The average molecular weight is 322 g/mol. The van der Waals surface area contributed by atoms with Gasteiger partial charge in [-0.25, -0.2) is 4.79 Å². The summed E-state index contributed by atoms with van der Waals surface area (Å²) in [7, 11) is 0. The molecule has 0 bridgehead atoms. The van der Waals surface area contributed by atoms with Crippen molar-refractivity contribution in [3.8, 4) is 0 Å². The molecule has 128 valence electrons. The minimum Gasteiger partial charge on any atom is -0.341 e. The zero-order chi connectivity index (χ0) is 16.6. The molecule has 1 spiro atoms. The van der Waals surface area contributed by atoms with E-state index in [1.165, 1.54) is 0 Å². The van der Waals surface area contributed by atoms with Crippen molar-refractivity contribution in [3.05, 3.63) is 0 Å². The van der Waals surface area contributed by atoms with Crippen LogP contribution in [-0.4, -0.2) is 58.9 Å². The molecule has 2 heterocycles. The Morgan fingerprint density at radius 3 is 2.48 bits per heavy atom. The minimum absolute atomic E-state index is 0.139. The number of carbonyl (C=O) groups excluding carboxylic acids is 3. The first-order chi connectivity index (χ1) is 10.9. The lowest BCUT2D eigenvalue weighted by Crippen LogP contribution is -2.48. The summed E-state index contributed by atoms with van der Waals surface area (Å²) in [6.07, 6.45) is 5.02. The Morgan fingerprint density at radius 2 is 1.91 bits per heavy atom. The zero-order valence-corrected chi connectivity index (χ0v) is 13.7. The van der Waals surface area contributed by atoms with Gasteiger partial charge >= 0.3 is 6.03 Å². The van der Waals surface area contributed by atoms with E-state index in [-0.39, 0.29) is 24.4 Å². The SMILES string of the molecule is CC(N)C1CCN(C(=O)CN2C(=O)NC3(CCCC3)C2=O)CC1. The lowest BCUT2D eigenvalue weighted by Gasteiger charge is -2.34. The Bertz CT molecular complexity index is 505. The number of hydrogen-bond donors (Lipinski definition) is 2. The summed E-state index contributed by atoms with van der Waals surface area (Å²) in [5, 5.41) is 2.81. The van der Waals surface area contributed by atoms with Crippen molar-refractivity contribution in [1.29, 1.82) is 0 Å². The first kappa shape index (κ1) is 16.2. The van der Waals surface area contributed by atoms with Crippen LogP contribution >= 0.6 is 0 Å². The molecule has 1 saturated carbocycles. The van der Waals surface area contributed by atoms with E-state index in [0.717, 1.165) is 30.6 Å². The van der Waals surface area contributed by atoms with E-state index in [0.29, 0.717) is 31.8 Å². The molecular weight excluding hydrogens is 296 g/mol. The molecule has 0 aromatic rings. The van der Waals surface area contributed by atoms with E-state index in [1.54, 1.807) is 4.90 Å². The summed E-state index contributed by atoms with van der Waals surface area (Å²) >= 11 is 0. The summed E-state index contributed by atoms with van der Waals surface area (Å²) in [6, 6.07) is -0.281. The fourth-order valence-corrected chi connectivity index (χ4v) is 4.05. The fourth-order valence-electron chi connectivity index (χ4n) is 4.05. The molecule has 7 nitrogen and oxygen atoms in total. The third-order valence-electron chi connectivity index (χ3n) is 5.63. The van der Waals surface area contributed by atoms with Crippen molar-refractivity contribution in [2.24, 2.45) is 11.7 Å². The molecule has 0 aromatic carbocycles. The zero-order valence-electron chi connectivity index (χ0n) is 13.7. The third kappa shape index (κ3) is 2.94. The van der Waals surface area contributed by atoms with Crippen molar-refractivity contribution in [2.45, 2.75) is 57.0 Å². The van der Waals surface area contributed by atoms with Gasteiger partial charge in [-0.15, -0.1) is 0 Å². The molecule has 1 aliphatic carbocycles. The van der Waals surface area contributed by atoms with Crippen LogP contribution in [-0.2, 0) is 9.59 Å². The van der Waals surface area contributed by atoms with Crippen molar-refractivity contribution >= 4 is 17.8 Å². The predicted molar refractivity (Wildman–Crippen MR) is 84.4 cm³/mol. The lowest BCUT2D eigenvalue weighted by molar-refractivity contribution is -0.139. The van der Waals surface area contributed by atoms with Crippen LogP contribution in [0.15, 0.2) is 0 Å². The maximum atomic E-state index is 12.6. The highest BCUT2D eigenvalue weighted by Gasteiger charge is 2.52. The van der Waals surface area contributed by atoms with Gasteiger partial charge in [0, 0.05) is 19.1 Å². The molecule has 0 radical (unpaired) electrons. The summed E-state index contributed by atoms with van der Waals surface area (Å²) < 4.78 is 0. The monoisotopic (exact) mass is 322 g/mol. The molecule has 4 amide bonds. The Balaban J connectivity index is 1.58. The van der Waals surface area contributed by atoms with Crippen LogP contribution in [0.2, 0.25) is 0 Å². The standard InChI is InChI=1S/C16H26N4O3/c1-11(17)12-4-8-19(9-5-12)13(21)10-20-14(22)16(18-15(20)23)6-2-3-7-16/h11-12H,2-10,17H2,1H3,(H,18,23). The molecule has 3 rings (SSSR count). The fraction of sp³-hybridized carbons (Fsp3) is 0.812. The van der Waals surface area contributed by atoms with Crippen LogP contribution in [0, 0.1) is 5.92 Å². The highest BCUT2D eigenvalue weighted by Crippen LogP contribution is 2.35. The van der Waals surface area contributed by atoms with E-state index in [9.17, 15) is 14.4 Å². The van der Waals surface area contributed by atoms with E-state index in [4.69, 9.17) is 5.73 Å². The molecule has 3 aliphatic rings. The van der Waals surface area contributed by atoms with Crippen LogP contribution in [0.25, 0.3) is 0 Å². The lowest BCUT2D eigenvalue weighted by atomic mass is 9.91. The number of carbonyl (C=O) groups is 3. The van der Waals surface area contributed by atoms with Crippen molar-refractivity contribution in [2.75, 3.05) is 19.6 Å². The van der Waals surface area contributed by atoms with Gasteiger partial charge in [0.25, 0.3) is 5.91 Å². The van der Waals surface area contributed by atoms with E-state index in [1.807, 2.05) is 6.92 Å². The largest absolute Gasteiger partial charge is 0.341 e. The normalized spacial score (nSPS) is 26.0. The van der Waals surface area contributed by atoms with Crippen molar-refractivity contribution in [3.63, 3.8) is 0 Å². The van der Waals surface area contributed by atoms with Crippen LogP contribution in [0.3, 0.4) is 0 Å². The summed E-state index contributed by atoms with van der Waals surface area (Å²) in [4.78, 5) is 40.0. The van der Waals surface area contributed by atoms with Gasteiger partial charge in [-0.1, -0.05) is 12.8 Å². The Morgan fingerprint density at radius 1 is 1.30 bits per heavy atom. The van der Waals surface area contributed by atoms with Gasteiger partial charge in [0.2, 0.25) is 5.91 Å². The number of amides is 4. The van der Waals surface area contributed by atoms with Gasteiger partial charge in [0.05, 0.1) is 0 Å². The molecule has 1 unspecified atom stereocenters. The molecule has 7 heteroatoms. The van der Waals surface area contributed by atoms with Crippen molar-refractivity contribution < 1.29 is 14.4 Å². The molecule has 2 saturated heterocycles. The van der Waals surface area contributed by atoms with Crippen LogP contribution in [0.5, 0.6) is 0 Å². The number of nitrogens with zero attached hydrogens (tertiary/aromatic N) is 2. The summed E-state index contributed by atoms with van der Waals surface area (Å²) in [5.41, 5.74) is 5.18. The average Bonchev–Trinajstić information content (AvgIpc) is 3.08. The van der Waals surface area contributed by atoms with Crippen LogP contribution in [0.4, 0.5) is 4.79 Å². The second-order valence-electron chi connectivity index (χ2n) is 7.19. The van der Waals surface area contributed by atoms with Gasteiger partial charge in [-0.3, -0.25) is 14.5 Å². The molecule has 23 heavy (non-hydrogen) atoms. The summed E-state index contributed by atoms with van der Waals surface area (Å²) in [5.74, 6) is 0.0722. The second-order valence-corrected chi connectivity index (χ2v) is 7.19. The number of rotatable bonds is 3. The van der Waals surface area contributed by atoms with Gasteiger partial charge in [-0.05, 0) is 38.5 Å². The minimum atomic E-state index is -0.737. The first-order valence-electron chi connectivity index (χ1n) is 8.60. The number of nitrogens with one attached hydrogen (secondary N) is 1. The second kappa shape index (κ2) is 6.11. The number of hydrogen-bond acceptors (Lipinski definition) is 4. The Kier molecular flexibility index (Phi) is 4.31. The maximum absolute atomic E-state index is 12.6. The van der Waals surface area contributed by atoms with Gasteiger partial charge in [-0.2, -0.15) is 0 Å². The molecule has 3 N–H and O–H groups in total. The van der Waals surface area contributed by atoms with Gasteiger partial charge in [0.1, 0.15) is 12.1 Å². The number of likely N-dealkylation sites (tertiary alicyclic amines) is 1. The molecule has 0 aromatic heterocycles. The van der Waals surface area contributed by atoms with Crippen LogP contribution in [0.1, 0.15) is 45.4 Å². The smallest absolute Gasteiger partial charge is 0.325 e. The van der Waals surface area contributed by atoms with Gasteiger partial charge < -0.3 is 16.0 Å². The summed E-state index contributed by atoms with van der Waals surface area (Å²) in [6.45, 7) is 3.16. The van der Waals surface area contributed by atoms with Gasteiger partial charge in [0.15, 0.2) is 0 Å². The molecule has 2 aliphatic heterocycles. The highest BCUT2D eigenvalue weighted by atomic mass is 16.2.